The average Bonchev–Trinajstić information content (AvgIpc) is 3.20. The quantitative estimate of drug-likeness (QED) is 0.661. The number of pyridine rings is 1. The van der Waals surface area contributed by atoms with Crippen LogP contribution in [0.25, 0.3) is 21.1 Å². The third kappa shape index (κ3) is 4.36. The Labute approximate surface area is 175 Å². The second kappa shape index (κ2) is 8.16. The van der Waals surface area contributed by atoms with Crippen LogP contribution in [0, 0.1) is 5.92 Å². The zero-order valence-electron chi connectivity index (χ0n) is 16.1. The van der Waals surface area contributed by atoms with E-state index in [0.29, 0.717) is 4.88 Å². The van der Waals surface area contributed by atoms with Crippen molar-refractivity contribution in [2.75, 3.05) is 20.1 Å². The van der Waals surface area contributed by atoms with Crippen molar-refractivity contribution in [3.8, 4) is 21.1 Å². The number of nitrogens with one attached hydrogen (secondary N) is 1. The molecule has 0 bridgehead atoms. The van der Waals surface area contributed by atoms with Gasteiger partial charge in [0.05, 0.1) is 22.1 Å². The number of benzene rings is 1. The number of halogens is 3. The predicted molar refractivity (Wildman–Crippen MR) is 109 cm³/mol. The van der Waals surface area contributed by atoms with Crippen molar-refractivity contribution in [1.29, 1.82) is 0 Å². The van der Waals surface area contributed by atoms with Crippen molar-refractivity contribution >= 4 is 17.2 Å². The number of alkyl halides is 3. The van der Waals surface area contributed by atoms with Crippen LogP contribution in [0.15, 0.2) is 48.8 Å². The van der Waals surface area contributed by atoms with Gasteiger partial charge in [-0.25, -0.2) is 4.98 Å². The molecule has 5 nitrogen and oxygen atoms in total. The van der Waals surface area contributed by atoms with Gasteiger partial charge in [-0.2, -0.15) is 13.2 Å². The van der Waals surface area contributed by atoms with Gasteiger partial charge in [0.1, 0.15) is 5.01 Å². The van der Waals surface area contributed by atoms with Crippen molar-refractivity contribution in [2.24, 2.45) is 5.92 Å². The van der Waals surface area contributed by atoms with Crippen LogP contribution in [0.2, 0.25) is 0 Å². The molecule has 156 valence electrons. The van der Waals surface area contributed by atoms with Crippen LogP contribution in [0.3, 0.4) is 0 Å². The summed E-state index contributed by atoms with van der Waals surface area (Å²) in [7, 11) is 1.65. The molecule has 1 N–H and O–H groups in total. The molecule has 0 unspecified atom stereocenters. The highest BCUT2D eigenvalue weighted by Gasteiger charge is 2.32. The molecule has 0 saturated carbocycles. The summed E-state index contributed by atoms with van der Waals surface area (Å²) in [5.41, 5.74) is 1.56. The Bertz CT molecular complexity index is 1040. The number of hydrogen-bond donors (Lipinski definition) is 1. The number of carbonyl (C=O) groups excluding carboxylic acids is 1. The minimum absolute atomic E-state index is 0.0625. The van der Waals surface area contributed by atoms with Gasteiger partial charge < -0.3 is 5.32 Å². The minimum Gasteiger partial charge on any atom is -0.359 e. The molecule has 0 radical (unpaired) electrons. The van der Waals surface area contributed by atoms with Crippen LogP contribution in [0.1, 0.15) is 11.1 Å². The van der Waals surface area contributed by atoms with Gasteiger partial charge in [0, 0.05) is 44.6 Å². The lowest BCUT2D eigenvalue weighted by Gasteiger charge is -2.38. The van der Waals surface area contributed by atoms with E-state index in [4.69, 9.17) is 0 Å². The normalized spacial score (nSPS) is 15.1. The van der Waals surface area contributed by atoms with Crippen LogP contribution in [0.4, 0.5) is 13.2 Å². The lowest BCUT2D eigenvalue weighted by atomic mass is 9.98. The molecule has 0 aliphatic carbocycles. The van der Waals surface area contributed by atoms with Gasteiger partial charge in [-0.15, -0.1) is 11.3 Å². The first-order valence-electron chi connectivity index (χ1n) is 9.36. The van der Waals surface area contributed by atoms with Crippen molar-refractivity contribution in [2.45, 2.75) is 12.7 Å². The summed E-state index contributed by atoms with van der Waals surface area (Å²) in [4.78, 5) is 22.8. The summed E-state index contributed by atoms with van der Waals surface area (Å²) in [6.07, 6.45) is -1.69. The van der Waals surface area contributed by atoms with Crippen molar-refractivity contribution in [1.82, 2.24) is 20.2 Å². The molecule has 0 atom stereocenters. The fourth-order valence-electron chi connectivity index (χ4n) is 3.35. The maximum absolute atomic E-state index is 12.9. The van der Waals surface area contributed by atoms with E-state index in [0.717, 1.165) is 54.1 Å². The number of amides is 1. The maximum Gasteiger partial charge on any atom is 0.416 e. The zero-order valence-corrected chi connectivity index (χ0v) is 16.9. The number of thiazole rings is 1. The molecule has 30 heavy (non-hydrogen) atoms. The first-order chi connectivity index (χ1) is 14.3. The molecule has 1 fully saturated rings. The molecule has 1 aromatic carbocycles. The summed E-state index contributed by atoms with van der Waals surface area (Å²) >= 11 is 1.30. The Balaban J connectivity index is 1.43. The SMILES string of the molecule is CNC(=O)C1CN(Cc2ccc(-c3ncc(-c4cc(C(F)(F)F)ccn4)s3)cc2)C1. The molecular weight excluding hydrogens is 413 g/mol. The molecule has 1 aliphatic heterocycles. The molecule has 3 heterocycles. The smallest absolute Gasteiger partial charge is 0.359 e. The van der Waals surface area contributed by atoms with Crippen LogP contribution >= 0.6 is 11.3 Å². The first kappa shape index (κ1) is 20.5. The van der Waals surface area contributed by atoms with Crippen LogP contribution in [-0.4, -0.2) is 40.9 Å². The monoisotopic (exact) mass is 432 g/mol. The summed E-state index contributed by atoms with van der Waals surface area (Å²) < 4.78 is 38.8. The predicted octanol–water partition coefficient (Wildman–Crippen LogP) is 4.07. The minimum atomic E-state index is -4.40. The van der Waals surface area contributed by atoms with Crippen LogP contribution in [-0.2, 0) is 17.5 Å². The highest BCUT2D eigenvalue weighted by molar-refractivity contribution is 7.18. The molecule has 4 rings (SSSR count). The Morgan fingerprint density at radius 3 is 2.60 bits per heavy atom. The Morgan fingerprint density at radius 1 is 1.20 bits per heavy atom. The van der Waals surface area contributed by atoms with E-state index < -0.39 is 11.7 Å². The van der Waals surface area contributed by atoms with E-state index >= 15 is 0 Å². The van der Waals surface area contributed by atoms with E-state index in [1.54, 1.807) is 13.2 Å². The zero-order chi connectivity index (χ0) is 21.3. The number of hydrogen-bond acceptors (Lipinski definition) is 5. The number of rotatable bonds is 5. The van der Waals surface area contributed by atoms with E-state index in [-0.39, 0.29) is 17.5 Å². The van der Waals surface area contributed by atoms with Crippen molar-refractivity contribution in [3.05, 3.63) is 59.9 Å². The Morgan fingerprint density at radius 2 is 1.93 bits per heavy atom. The largest absolute Gasteiger partial charge is 0.416 e. The Kier molecular flexibility index (Phi) is 5.57. The van der Waals surface area contributed by atoms with E-state index in [1.165, 1.54) is 11.3 Å². The van der Waals surface area contributed by atoms with E-state index in [1.807, 2.05) is 24.3 Å². The van der Waals surface area contributed by atoms with Gasteiger partial charge in [-0.05, 0) is 17.7 Å². The summed E-state index contributed by atoms with van der Waals surface area (Å²) in [6, 6.07) is 9.91. The fourth-order valence-corrected chi connectivity index (χ4v) is 4.24. The van der Waals surface area contributed by atoms with Crippen LogP contribution < -0.4 is 5.32 Å². The molecule has 1 aliphatic rings. The molecule has 9 heteroatoms. The second-order valence-corrected chi connectivity index (χ2v) is 8.19. The highest BCUT2D eigenvalue weighted by Crippen LogP contribution is 2.35. The maximum atomic E-state index is 12.9. The van der Waals surface area contributed by atoms with Crippen molar-refractivity contribution < 1.29 is 18.0 Å². The third-order valence-corrected chi connectivity index (χ3v) is 6.10. The molecular formula is C21H19F3N4OS. The highest BCUT2D eigenvalue weighted by atomic mass is 32.1. The lowest BCUT2D eigenvalue weighted by Crippen LogP contribution is -2.52. The Hall–Kier alpha value is -2.78. The average molecular weight is 432 g/mol. The molecule has 1 saturated heterocycles. The van der Waals surface area contributed by atoms with Gasteiger partial charge in [0.25, 0.3) is 0 Å². The second-order valence-electron chi connectivity index (χ2n) is 7.16. The summed E-state index contributed by atoms with van der Waals surface area (Å²) in [5.74, 6) is 0.143. The standard InChI is InChI=1S/C21H19F3N4OS/c1-25-19(29)15-11-28(12-15)10-13-2-4-14(5-3-13)20-27-9-18(30-20)17-8-16(6-7-26-17)21(22,23)24/h2-9,15H,10-12H2,1H3,(H,25,29). The topological polar surface area (TPSA) is 58.1 Å². The van der Waals surface area contributed by atoms with E-state index in [2.05, 4.69) is 20.2 Å². The summed E-state index contributed by atoms with van der Waals surface area (Å²) in [5, 5.41) is 3.39. The number of carbonyl (C=O) groups is 1. The van der Waals surface area contributed by atoms with Gasteiger partial charge in [-0.1, -0.05) is 24.3 Å². The molecule has 1 amide bonds. The van der Waals surface area contributed by atoms with Gasteiger partial charge in [-0.3, -0.25) is 14.7 Å². The first-order valence-corrected chi connectivity index (χ1v) is 10.2. The third-order valence-electron chi connectivity index (χ3n) is 5.03. The van der Waals surface area contributed by atoms with Crippen molar-refractivity contribution in [3.63, 3.8) is 0 Å². The fraction of sp³-hybridized carbons (Fsp3) is 0.286. The number of aromatic nitrogens is 2. The molecule has 2 aromatic heterocycles. The van der Waals surface area contributed by atoms with Gasteiger partial charge >= 0.3 is 6.18 Å². The van der Waals surface area contributed by atoms with Gasteiger partial charge in [0.2, 0.25) is 5.91 Å². The lowest BCUT2D eigenvalue weighted by molar-refractivity contribution is -0.137. The molecule has 3 aromatic rings. The van der Waals surface area contributed by atoms with Crippen LogP contribution in [0.5, 0.6) is 0 Å². The number of likely N-dealkylation sites (tertiary alicyclic amines) is 1. The molecule has 0 spiro atoms. The summed E-state index contributed by atoms with van der Waals surface area (Å²) in [6.45, 7) is 2.27. The number of nitrogens with zero attached hydrogens (tertiary/aromatic N) is 3. The van der Waals surface area contributed by atoms with E-state index in [9.17, 15) is 18.0 Å². The van der Waals surface area contributed by atoms with Gasteiger partial charge in [0.15, 0.2) is 0 Å².